The molecule has 0 aliphatic heterocycles. The number of hydrogen-bond acceptors (Lipinski definition) is 5. The lowest BCUT2D eigenvalue weighted by Gasteiger charge is -2.16. The van der Waals surface area contributed by atoms with Crippen molar-refractivity contribution in [2.24, 2.45) is 0 Å². The van der Waals surface area contributed by atoms with E-state index in [1.165, 1.54) is 7.11 Å². The van der Waals surface area contributed by atoms with Crippen LogP contribution in [0.1, 0.15) is 33.6 Å². The highest BCUT2D eigenvalue weighted by Gasteiger charge is 2.10. The third-order valence-corrected chi connectivity index (χ3v) is 4.98. The fraction of sp³-hybridized carbons (Fsp3) is 0.909. The van der Waals surface area contributed by atoms with Crippen molar-refractivity contribution in [2.45, 2.75) is 38.4 Å². The van der Waals surface area contributed by atoms with Crippen LogP contribution in [0.2, 0.25) is 0 Å². The molecule has 0 saturated carbocycles. The number of rotatable bonds is 8. The summed E-state index contributed by atoms with van der Waals surface area (Å²) in [4.78, 5) is 10.8. The number of carbonyl (C=O) groups excluding carboxylic acids is 1. The molecule has 0 radical (unpaired) electrons. The van der Waals surface area contributed by atoms with Crippen LogP contribution in [-0.2, 0) is 9.53 Å². The van der Waals surface area contributed by atoms with E-state index in [9.17, 15) is 4.79 Å². The fourth-order valence-corrected chi connectivity index (χ4v) is 3.14. The Morgan fingerprint density at radius 2 is 2.00 bits per heavy atom. The first kappa shape index (κ1) is 16.1. The standard InChI is InChI=1S/C11H23NO2S2/c1-11(2,3)16-15-9-8-12-7-5-6-10(13)14-4/h12H,5-9H2,1-4H3. The number of carbonyl (C=O) groups is 1. The van der Waals surface area contributed by atoms with Gasteiger partial charge in [0.05, 0.1) is 7.11 Å². The van der Waals surface area contributed by atoms with Gasteiger partial charge in [0.15, 0.2) is 0 Å². The molecule has 0 heterocycles. The molecule has 1 N–H and O–H groups in total. The molecule has 0 rings (SSSR count). The molecule has 0 aromatic heterocycles. The van der Waals surface area contributed by atoms with E-state index >= 15 is 0 Å². The zero-order chi connectivity index (χ0) is 12.4. The van der Waals surface area contributed by atoms with Gasteiger partial charge in [0.1, 0.15) is 0 Å². The van der Waals surface area contributed by atoms with E-state index in [4.69, 9.17) is 0 Å². The van der Waals surface area contributed by atoms with Gasteiger partial charge in [-0.2, -0.15) is 0 Å². The lowest BCUT2D eigenvalue weighted by atomic mass is 10.3. The van der Waals surface area contributed by atoms with Crippen LogP contribution >= 0.6 is 21.6 Å². The first-order valence-corrected chi connectivity index (χ1v) is 7.86. The third-order valence-electron chi connectivity index (χ3n) is 1.63. The molecule has 0 fully saturated rings. The zero-order valence-electron chi connectivity index (χ0n) is 10.7. The molecule has 96 valence electrons. The van der Waals surface area contributed by atoms with Crippen molar-refractivity contribution in [1.29, 1.82) is 0 Å². The third kappa shape index (κ3) is 12.2. The van der Waals surface area contributed by atoms with Gasteiger partial charge in [-0.1, -0.05) is 42.4 Å². The molecule has 5 heteroatoms. The monoisotopic (exact) mass is 265 g/mol. The zero-order valence-corrected chi connectivity index (χ0v) is 12.3. The van der Waals surface area contributed by atoms with Gasteiger partial charge in [0.25, 0.3) is 0 Å². The molecule has 0 unspecified atom stereocenters. The summed E-state index contributed by atoms with van der Waals surface area (Å²) in [6.07, 6.45) is 1.36. The SMILES string of the molecule is COC(=O)CCCNCCSSC(C)(C)C. The Morgan fingerprint density at radius 3 is 2.56 bits per heavy atom. The van der Waals surface area contributed by atoms with E-state index in [0.717, 1.165) is 25.3 Å². The molecule has 0 bridgehead atoms. The molecule has 16 heavy (non-hydrogen) atoms. The molecule has 0 atom stereocenters. The van der Waals surface area contributed by atoms with Crippen LogP contribution in [0.25, 0.3) is 0 Å². The highest BCUT2D eigenvalue weighted by molar-refractivity contribution is 8.77. The minimum atomic E-state index is -0.125. The smallest absolute Gasteiger partial charge is 0.305 e. The summed E-state index contributed by atoms with van der Waals surface area (Å²) in [5, 5.41) is 3.31. The number of nitrogens with one attached hydrogen (secondary N) is 1. The summed E-state index contributed by atoms with van der Waals surface area (Å²) in [7, 11) is 5.23. The van der Waals surface area contributed by atoms with Crippen molar-refractivity contribution < 1.29 is 9.53 Å². The summed E-state index contributed by atoms with van der Waals surface area (Å²) in [5.41, 5.74) is 0. The van der Waals surface area contributed by atoms with Gasteiger partial charge in [-0.15, -0.1) is 0 Å². The molecule has 0 amide bonds. The summed E-state index contributed by atoms with van der Waals surface area (Å²) in [5.74, 6) is 0.972. The van der Waals surface area contributed by atoms with Gasteiger partial charge in [-0.25, -0.2) is 0 Å². The summed E-state index contributed by atoms with van der Waals surface area (Å²) < 4.78 is 4.89. The largest absolute Gasteiger partial charge is 0.469 e. The predicted octanol–water partition coefficient (Wildman–Crippen LogP) is 2.71. The van der Waals surface area contributed by atoms with Crippen LogP contribution < -0.4 is 5.32 Å². The fourth-order valence-electron chi connectivity index (χ4n) is 0.917. The van der Waals surface area contributed by atoms with Crippen LogP contribution in [0.3, 0.4) is 0 Å². The predicted molar refractivity (Wildman–Crippen MR) is 73.9 cm³/mol. The van der Waals surface area contributed by atoms with Crippen molar-refractivity contribution in [2.75, 3.05) is 26.0 Å². The van der Waals surface area contributed by atoms with Crippen molar-refractivity contribution in [1.82, 2.24) is 5.32 Å². The maximum atomic E-state index is 10.8. The van der Waals surface area contributed by atoms with Crippen LogP contribution in [0, 0.1) is 0 Å². The Bertz CT molecular complexity index is 193. The van der Waals surface area contributed by atoms with E-state index < -0.39 is 0 Å². The Hall–Kier alpha value is 0.130. The number of ether oxygens (including phenoxy) is 1. The number of methoxy groups -OCH3 is 1. The minimum absolute atomic E-state index is 0.125. The molecular formula is C11H23NO2S2. The van der Waals surface area contributed by atoms with Crippen LogP contribution in [-0.4, -0.2) is 36.7 Å². The van der Waals surface area contributed by atoms with Gasteiger partial charge < -0.3 is 10.1 Å². The van der Waals surface area contributed by atoms with Crippen molar-refractivity contribution in [3.63, 3.8) is 0 Å². The summed E-state index contributed by atoms with van der Waals surface area (Å²) in [6.45, 7) is 8.53. The maximum absolute atomic E-state index is 10.8. The summed E-state index contributed by atoms with van der Waals surface area (Å²) in [6, 6.07) is 0. The van der Waals surface area contributed by atoms with Crippen molar-refractivity contribution >= 4 is 27.6 Å². The van der Waals surface area contributed by atoms with Gasteiger partial charge in [-0.3, -0.25) is 4.79 Å². The Labute approximate surface area is 107 Å². The van der Waals surface area contributed by atoms with Gasteiger partial charge in [0.2, 0.25) is 0 Å². The molecule has 0 aromatic carbocycles. The molecule has 0 aliphatic rings. The summed E-state index contributed by atoms with van der Waals surface area (Å²) >= 11 is 0. The average Bonchev–Trinajstić information content (AvgIpc) is 2.20. The highest BCUT2D eigenvalue weighted by Crippen LogP contribution is 2.34. The Morgan fingerprint density at radius 1 is 1.31 bits per heavy atom. The molecule has 0 saturated heterocycles. The molecule has 0 aromatic rings. The van der Waals surface area contributed by atoms with E-state index in [2.05, 4.69) is 30.8 Å². The maximum Gasteiger partial charge on any atom is 0.305 e. The topological polar surface area (TPSA) is 38.3 Å². The Kier molecular flexibility index (Phi) is 9.26. The molecule has 0 aliphatic carbocycles. The lowest BCUT2D eigenvalue weighted by molar-refractivity contribution is -0.140. The second kappa shape index (κ2) is 9.19. The quantitative estimate of drug-likeness (QED) is 0.415. The Balaban J connectivity index is 3.13. The van der Waals surface area contributed by atoms with E-state index in [0.29, 0.717) is 11.2 Å². The molecule has 3 nitrogen and oxygen atoms in total. The van der Waals surface area contributed by atoms with Gasteiger partial charge in [-0.05, 0) is 13.0 Å². The van der Waals surface area contributed by atoms with Gasteiger partial charge >= 0.3 is 5.97 Å². The average molecular weight is 265 g/mol. The van der Waals surface area contributed by atoms with Crippen molar-refractivity contribution in [3.05, 3.63) is 0 Å². The number of hydrogen-bond donors (Lipinski definition) is 1. The molecule has 0 spiro atoms. The van der Waals surface area contributed by atoms with E-state index in [1.807, 2.05) is 21.6 Å². The van der Waals surface area contributed by atoms with Crippen LogP contribution in [0.4, 0.5) is 0 Å². The first-order chi connectivity index (χ1) is 7.45. The second-order valence-electron chi connectivity index (χ2n) is 4.45. The normalized spacial score (nSPS) is 11.5. The molecular weight excluding hydrogens is 242 g/mol. The van der Waals surface area contributed by atoms with E-state index in [-0.39, 0.29) is 5.97 Å². The first-order valence-electron chi connectivity index (χ1n) is 5.54. The van der Waals surface area contributed by atoms with E-state index in [1.54, 1.807) is 0 Å². The lowest BCUT2D eigenvalue weighted by Crippen LogP contribution is -2.19. The number of esters is 1. The second-order valence-corrected chi connectivity index (χ2v) is 7.69. The van der Waals surface area contributed by atoms with Crippen molar-refractivity contribution in [3.8, 4) is 0 Å². The van der Waals surface area contributed by atoms with Crippen LogP contribution in [0.5, 0.6) is 0 Å². The van der Waals surface area contributed by atoms with Crippen LogP contribution in [0.15, 0.2) is 0 Å². The minimum Gasteiger partial charge on any atom is -0.469 e. The highest BCUT2D eigenvalue weighted by atomic mass is 33.1. The van der Waals surface area contributed by atoms with Gasteiger partial charge in [0, 0.05) is 23.5 Å².